The van der Waals surface area contributed by atoms with Crippen LogP contribution in [0.1, 0.15) is 37.5 Å². The molecule has 0 amide bonds. The number of ether oxygens (including phenoxy) is 1. The summed E-state index contributed by atoms with van der Waals surface area (Å²) in [5.74, 6) is 0.434. The van der Waals surface area contributed by atoms with Crippen molar-refractivity contribution in [2.45, 2.75) is 52.2 Å². The molecule has 2 nitrogen and oxygen atoms in total. The summed E-state index contributed by atoms with van der Waals surface area (Å²) >= 11 is 6.17. The second kappa shape index (κ2) is 4.94. The Balaban J connectivity index is 2.03. The van der Waals surface area contributed by atoms with Crippen LogP contribution in [0.4, 0.5) is 8.78 Å². The molecule has 2 aliphatic rings. The molecule has 2 aliphatic heterocycles. The number of aliphatic imine (C=N–C) groups is 1. The number of halogens is 3. The molecule has 2 atom stereocenters. The molecule has 0 bridgehead atoms. The Morgan fingerprint density at radius 3 is 2.62 bits per heavy atom. The van der Waals surface area contributed by atoms with Gasteiger partial charge < -0.3 is 4.74 Å². The lowest BCUT2D eigenvalue weighted by Crippen LogP contribution is -2.30. The van der Waals surface area contributed by atoms with Crippen LogP contribution in [0.25, 0.3) is 0 Å². The molecule has 0 saturated heterocycles. The van der Waals surface area contributed by atoms with Gasteiger partial charge in [0.25, 0.3) is 6.43 Å². The van der Waals surface area contributed by atoms with E-state index in [0.717, 1.165) is 23.1 Å². The Labute approximate surface area is 128 Å². The van der Waals surface area contributed by atoms with Gasteiger partial charge in [-0.3, -0.25) is 4.99 Å². The number of benzene rings is 1. The van der Waals surface area contributed by atoms with Crippen molar-refractivity contribution in [2.75, 3.05) is 0 Å². The Morgan fingerprint density at radius 2 is 2.00 bits per heavy atom. The number of fused-ring (bicyclic) bond motifs is 3. The summed E-state index contributed by atoms with van der Waals surface area (Å²) in [6.07, 6.45) is -0.804. The first-order valence-electron chi connectivity index (χ1n) is 7.09. The SMILES string of the molecule is CC(C)(C)C1Cc2c(cc(Cl)c3c2CC(C(F)F)O3)C=N1. The van der Waals surface area contributed by atoms with Crippen molar-refractivity contribution in [1.29, 1.82) is 0 Å². The highest BCUT2D eigenvalue weighted by Crippen LogP contribution is 2.43. The van der Waals surface area contributed by atoms with Crippen molar-refractivity contribution < 1.29 is 13.5 Å². The molecule has 3 rings (SSSR count). The van der Waals surface area contributed by atoms with Crippen LogP contribution in [0, 0.1) is 5.41 Å². The number of nitrogens with zero attached hydrogens (tertiary/aromatic N) is 1. The number of alkyl halides is 2. The van der Waals surface area contributed by atoms with Crippen LogP contribution in [0.2, 0.25) is 5.02 Å². The fourth-order valence-electron chi connectivity index (χ4n) is 2.93. The molecule has 0 spiro atoms. The maximum absolute atomic E-state index is 12.9. The van der Waals surface area contributed by atoms with Crippen LogP contribution in [0.3, 0.4) is 0 Å². The van der Waals surface area contributed by atoms with Crippen molar-refractivity contribution in [3.63, 3.8) is 0 Å². The quantitative estimate of drug-likeness (QED) is 0.757. The molecule has 0 aliphatic carbocycles. The molecule has 0 radical (unpaired) electrons. The lowest BCUT2D eigenvalue weighted by molar-refractivity contribution is 0.0246. The molecule has 0 fully saturated rings. The molecule has 114 valence electrons. The van der Waals surface area contributed by atoms with Crippen molar-refractivity contribution in [1.82, 2.24) is 0 Å². The Bertz CT molecular complexity index is 607. The summed E-state index contributed by atoms with van der Waals surface area (Å²) in [5.41, 5.74) is 2.86. The minimum atomic E-state index is -2.50. The minimum Gasteiger partial charge on any atom is -0.482 e. The highest BCUT2D eigenvalue weighted by Gasteiger charge is 2.37. The van der Waals surface area contributed by atoms with Crippen molar-refractivity contribution >= 4 is 17.8 Å². The van der Waals surface area contributed by atoms with Gasteiger partial charge in [0.1, 0.15) is 5.75 Å². The van der Waals surface area contributed by atoms with Crippen LogP contribution < -0.4 is 4.74 Å². The van der Waals surface area contributed by atoms with Gasteiger partial charge in [0.15, 0.2) is 6.10 Å². The largest absolute Gasteiger partial charge is 0.482 e. The van der Waals surface area contributed by atoms with Crippen molar-refractivity contribution in [2.24, 2.45) is 10.4 Å². The van der Waals surface area contributed by atoms with E-state index in [1.807, 2.05) is 6.21 Å². The molecule has 0 N–H and O–H groups in total. The van der Waals surface area contributed by atoms with Crippen LogP contribution in [-0.2, 0) is 12.8 Å². The highest BCUT2D eigenvalue weighted by atomic mass is 35.5. The molecule has 5 heteroatoms. The summed E-state index contributed by atoms with van der Waals surface area (Å²) in [6.45, 7) is 6.40. The number of hydrogen-bond donors (Lipinski definition) is 0. The predicted molar refractivity (Wildman–Crippen MR) is 80.1 cm³/mol. The summed E-state index contributed by atoms with van der Waals surface area (Å²) in [6, 6.07) is 1.91. The van der Waals surface area contributed by atoms with E-state index in [9.17, 15) is 8.78 Å². The van der Waals surface area contributed by atoms with E-state index in [-0.39, 0.29) is 17.9 Å². The van der Waals surface area contributed by atoms with Gasteiger partial charge in [0, 0.05) is 18.2 Å². The average Bonchev–Trinajstić information content (AvgIpc) is 2.83. The second-order valence-corrected chi connectivity index (χ2v) is 7.20. The minimum absolute atomic E-state index is 0.0300. The van der Waals surface area contributed by atoms with Crippen LogP contribution in [0.15, 0.2) is 11.1 Å². The Kier molecular flexibility index (Phi) is 3.47. The summed E-state index contributed by atoms with van der Waals surface area (Å²) in [5, 5.41) is 0.396. The van der Waals surface area contributed by atoms with E-state index in [1.54, 1.807) is 6.07 Å². The fourth-order valence-corrected chi connectivity index (χ4v) is 3.20. The van der Waals surface area contributed by atoms with E-state index in [0.29, 0.717) is 10.8 Å². The molecule has 1 aromatic carbocycles. The van der Waals surface area contributed by atoms with Gasteiger partial charge in [-0.2, -0.15) is 0 Å². The van der Waals surface area contributed by atoms with Gasteiger partial charge in [0.05, 0.1) is 11.1 Å². The third-order valence-electron chi connectivity index (χ3n) is 4.23. The molecule has 0 saturated carbocycles. The van der Waals surface area contributed by atoms with E-state index >= 15 is 0 Å². The molecule has 1 aromatic rings. The van der Waals surface area contributed by atoms with Crippen LogP contribution in [-0.4, -0.2) is 24.8 Å². The molecule has 2 heterocycles. The zero-order chi connectivity index (χ0) is 15.4. The molecule has 21 heavy (non-hydrogen) atoms. The monoisotopic (exact) mass is 313 g/mol. The molecule has 2 unspecified atom stereocenters. The van der Waals surface area contributed by atoms with E-state index < -0.39 is 12.5 Å². The van der Waals surface area contributed by atoms with E-state index in [1.165, 1.54) is 0 Å². The Morgan fingerprint density at radius 1 is 1.29 bits per heavy atom. The first-order chi connectivity index (χ1) is 9.77. The number of hydrogen-bond acceptors (Lipinski definition) is 2. The van der Waals surface area contributed by atoms with E-state index in [4.69, 9.17) is 16.3 Å². The number of rotatable bonds is 1. The zero-order valence-electron chi connectivity index (χ0n) is 12.3. The van der Waals surface area contributed by atoms with Crippen LogP contribution >= 0.6 is 11.6 Å². The van der Waals surface area contributed by atoms with Gasteiger partial charge in [0.2, 0.25) is 0 Å². The van der Waals surface area contributed by atoms with Gasteiger partial charge in [-0.1, -0.05) is 32.4 Å². The van der Waals surface area contributed by atoms with Gasteiger partial charge in [-0.05, 0) is 29.0 Å². The topological polar surface area (TPSA) is 21.6 Å². The smallest absolute Gasteiger partial charge is 0.275 e. The first kappa shape index (κ1) is 14.8. The van der Waals surface area contributed by atoms with Crippen molar-refractivity contribution in [3.8, 4) is 5.75 Å². The zero-order valence-corrected chi connectivity index (χ0v) is 13.0. The third-order valence-corrected chi connectivity index (χ3v) is 4.51. The van der Waals surface area contributed by atoms with Gasteiger partial charge in [-0.25, -0.2) is 8.78 Å². The summed E-state index contributed by atoms with van der Waals surface area (Å²) < 4.78 is 31.2. The molecular weight excluding hydrogens is 296 g/mol. The van der Waals surface area contributed by atoms with Crippen LogP contribution in [0.5, 0.6) is 5.75 Å². The lowest BCUT2D eigenvalue weighted by Gasteiger charge is -2.31. The maximum atomic E-state index is 12.9. The maximum Gasteiger partial charge on any atom is 0.275 e. The summed E-state index contributed by atoms with van der Waals surface area (Å²) in [7, 11) is 0. The van der Waals surface area contributed by atoms with Gasteiger partial charge in [-0.15, -0.1) is 0 Å². The Hall–Kier alpha value is -1.16. The third kappa shape index (κ3) is 2.54. The predicted octanol–water partition coefficient (Wildman–Crippen LogP) is 4.30. The highest BCUT2D eigenvalue weighted by molar-refractivity contribution is 6.32. The normalized spacial score (nSPS) is 24.0. The van der Waals surface area contributed by atoms with Crippen molar-refractivity contribution in [3.05, 3.63) is 27.8 Å². The lowest BCUT2D eigenvalue weighted by atomic mass is 9.79. The second-order valence-electron chi connectivity index (χ2n) is 6.79. The van der Waals surface area contributed by atoms with E-state index in [2.05, 4.69) is 25.8 Å². The molecular formula is C16H18ClF2NO. The van der Waals surface area contributed by atoms with Gasteiger partial charge >= 0.3 is 0 Å². The average molecular weight is 314 g/mol. The fraction of sp³-hybridized carbons (Fsp3) is 0.562. The first-order valence-corrected chi connectivity index (χ1v) is 7.47. The summed E-state index contributed by atoms with van der Waals surface area (Å²) in [4.78, 5) is 4.59. The standard InChI is InChI=1S/C16H18ClF2NO/c1-16(2,3)13-6-9-8(7-20-13)4-11(17)14-10(9)5-12(21-14)15(18)19/h4,7,12-13,15H,5-6H2,1-3H3. The molecule has 0 aromatic heterocycles.